The van der Waals surface area contributed by atoms with Crippen molar-refractivity contribution in [2.24, 2.45) is 11.7 Å². The summed E-state index contributed by atoms with van der Waals surface area (Å²) in [5.41, 5.74) is 5.33. The van der Waals surface area contributed by atoms with Crippen molar-refractivity contribution in [1.29, 1.82) is 0 Å². The lowest BCUT2D eigenvalue weighted by molar-refractivity contribution is -0.122. The van der Waals surface area contributed by atoms with Gasteiger partial charge in [-0.2, -0.15) is 0 Å². The second-order valence-electron chi connectivity index (χ2n) is 3.07. The van der Waals surface area contributed by atoms with Crippen molar-refractivity contribution in [3.05, 3.63) is 0 Å². The number of hydrogen-bond donors (Lipinski definition) is 1. The van der Waals surface area contributed by atoms with E-state index >= 15 is 0 Å². The third-order valence-electron chi connectivity index (χ3n) is 1.82. The van der Waals surface area contributed by atoms with Crippen LogP contribution < -0.4 is 5.73 Å². The molecular weight excluding hydrogens is 446 g/mol. The average molecular weight is 459 g/mol. The molecule has 0 saturated heterocycles. The normalized spacial score (nSPS) is 17.4. The molecule has 1 amide bonds. The van der Waals surface area contributed by atoms with Gasteiger partial charge in [-0.15, -0.1) is 0 Å². The molecule has 0 aliphatic rings. The molecule has 0 aliphatic carbocycles. The molecule has 0 bridgehead atoms. The van der Waals surface area contributed by atoms with Crippen molar-refractivity contribution in [2.45, 2.75) is 22.5 Å². The highest BCUT2D eigenvalue weighted by molar-refractivity contribution is 9.12. The van der Waals surface area contributed by atoms with Crippen molar-refractivity contribution in [2.75, 3.05) is 10.7 Å². The Kier molecular flexibility index (Phi) is 9.38. The molecular formula is C8H13Br4NO. The van der Waals surface area contributed by atoms with Crippen LogP contribution in [0.2, 0.25) is 0 Å². The number of rotatable bonds is 7. The maximum Gasteiger partial charge on any atom is 0.220 e. The van der Waals surface area contributed by atoms with Gasteiger partial charge in [0, 0.05) is 26.2 Å². The van der Waals surface area contributed by atoms with Crippen LogP contribution in [0.4, 0.5) is 0 Å². The molecule has 0 spiro atoms. The summed E-state index contributed by atoms with van der Waals surface area (Å²) in [5.74, 6) is -0.292. The van der Waals surface area contributed by atoms with Crippen LogP contribution in [0.3, 0.4) is 0 Å². The SMILES string of the molecule is NC(=O)C(CC(Br)CBr)CC(Br)CBr. The summed E-state index contributed by atoms with van der Waals surface area (Å²) in [5, 5.41) is 1.66. The van der Waals surface area contributed by atoms with Crippen LogP contribution in [-0.2, 0) is 4.79 Å². The Morgan fingerprint density at radius 3 is 1.64 bits per heavy atom. The fourth-order valence-electron chi connectivity index (χ4n) is 1.07. The predicted octanol–water partition coefficient (Wildman–Crippen LogP) is 3.18. The van der Waals surface area contributed by atoms with Gasteiger partial charge in [0.1, 0.15) is 0 Å². The largest absolute Gasteiger partial charge is 0.369 e. The second-order valence-corrected chi connectivity index (χ2v) is 6.96. The zero-order valence-corrected chi connectivity index (χ0v) is 13.9. The summed E-state index contributed by atoms with van der Waals surface area (Å²) < 4.78 is 0. The molecule has 2 atom stereocenters. The molecule has 0 fully saturated rings. The molecule has 0 aliphatic heterocycles. The van der Waals surface area contributed by atoms with Crippen molar-refractivity contribution in [3.8, 4) is 0 Å². The first-order valence-electron chi connectivity index (χ1n) is 4.20. The summed E-state index contributed by atoms with van der Waals surface area (Å²) in [7, 11) is 0. The number of amides is 1. The predicted molar refractivity (Wildman–Crippen MR) is 74.9 cm³/mol. The van der Waals surface area contributed by atoms with Gasteiger partial charge in [-0.1, -0.05) is 63.7 Å². The van der Waals surface area contributed by atoms with E-state index in [1.807, 2.05) is 0 Å². The lowest BCUT2D eigenvalue weighted by Crippen LogP contribution is -2.28. The van der Waals surface area contributed by atoms with E-state index in [1.54, 1.807) is 0 Å². The minimum Gasteiger partial charge on any atom is -0.369 e. The average Bonchev–Trinajstić information content (AvgIpc) is 2.16. The number of halogens is 4. The van der Waals surface area contributed by atoms with Crippen LogP contribution in [0.1, 0.15) is 12.8 Å². The maximum atomic E-state index is 11.2. The number of alkyl halides is 4. The monoisotopic (exact) mass is 455 g/mol. The van der Waals surface area contributed by atoms with Crippen LogP contribution >= 0.6 is 63.7 Å². The number of carbonyl (C=O) groups excluding carboxylic acids is 1. The van der Waals surface area contributed by atoms with Crippen LogP contribution in [0, 0.1) is 5.92 Å². The summed E-state index contributed by atoms with van der Waals surface area (Å²) >= 11 is 13.7. The van der Waals surface area contributed by atoms with E-state index in [0.717, 1.165) is 23.5 Å². The lowest BCUT2D eigenvalue weighted by Gasteiger charge is -2.17. The number of primary amides is 1. The van der Waals surface area contributed by atoms with E-state index in [9.17, 15) is 4.79 Å². The Bertz CT molecular complexity index is 167. The van der Waals surface area contributed by atoms with E-state index in [4.69, 9.17) is 5.73 Å². The van der Waals surface area contributed by atoms with Crippen LogP contribution in [-0.4, -0.2) is 26.2 Å². The first-order chi connectivity index (χ1) is 6.51. The molecule has 2 nitrogen and oxygen atoms in total. The number of carbonyl (C=O) groups is 1. The first kappa shape index (κ1) is 15.4. The highest BCUT2D eigenvalue weighted by atomic mass is 79.9. The van der Waals surface area contributed by atoms with Gasteiger partial charge in [0.05, 0.1) is 0 Å². The Labute approximate surface area is 118 Å². The van der Waals surface area contributed by atoms with E-state index in [0.29, 0.717) is 9.65 Å². The molecule has 0 heterocycles. The maximum absolute atomic E-state index is 11.2. The molecule has 2 unspecified atom stereocenters. The molecule has 0 aromatic heterocycles. The van der Waals surface area contributed by atoms with Crippen molar-refractivity contribution < 1.29 is 4.79 Å². The van der Waals surface area contributed by atoms with E-state index in [2.05, 4.69) is 63.7 Å². The van der Waals surface area contributed by atoms with Crippen molar-refractivity contribution >= 4 is 69.6 Å². The minimum absolute atomic E-state index is 0.0705. The fourth-order valence-corrected chi connectivity index (χ4v) is 2.50. The minimum atomic E-state index is -0.221. The van der Waals surface area contributed by atoms with E-state index in [-0.39, 0.29) is 11.8 Å². The molecule has 0 aromatic carbocycles. The van der Waals surface area contributed by atoms with E-state index < -0.39 is 0 Å². The molecule has 6 heteroatoms. The zero-order chi connectivity index (χ0) is 11.1. The summed E-state index contributed by atoms with van der Waals surface area (Å²) in [4.78, 5) is 11.8. The summed E-state index contributed by atoms with van der Waals surface area (Å²) in [6, 6.07) is 0. The molecule has 0 radical (unpaired) electrons. The molecule has 14 heavy (non-hydrogen) atoms. The second kappa shape index (κ2) is 8.53. The van der Waals surface area contributed by atoms with Gasteiger partial charge in [-0.25, -0.2) is 0 Å². The first-order valence-corrected chi connectivity index (χ1v) is 8.28. The standard InChI is InChI=1S/C8H13Br4NO/c9-3-6(11)1-5(8(13)14)2-7(12)4-10/h5-7H,1-4H2,(H2,13,14). The van der Waals surface area contributed by atoms with Crippen LogP contribution in [0.25, 0.3) is 0 Å². The quantitative estimate of drug-likeness (QED) is 0.585. The van der Waals surface area contributed by atoms with Crippen LogP contribution in [0.5, 0.6) is 0 Å². The highest BCUT2D eigenvalue weighted by Gasteiger charge is 2.21. The van der Waals surface area contributed by atoms with Gasteiger partial charge in [0.15, 0.2) is 0 Å². The highest BCUT2D eigenvalue weighted by Crippen LogP contribution is 2.23. The van der Waals surface area contributed by atoms with Gasteiger partial charge < -0.3 is 5.73 Å². The zero-order valence-electron chi connectivity index (χ0n) is 7.56. The summed E-state index contributed by atoms with van der Waals surface area (Å²) in [6.45, 7) is 0. The lowest BCUT2D eigenvalue weighted by atomic mass is 9.98. The number of nitrogens with two attached hydrogens (primary N) is 1. The van der Waals surface area contributed by atoms with E-state index in [1.165, 1.54) is 0 Å². The third kappa shape index (κ3) is 6.80. The number of hydrogen-bond acceptors (Lipinski definition) is 1. The topological polar surface area (TPSA) is 43.1 Å². The Hall–Kier alpha value is 1.39. The third-order valence-corrected chi connectivity index (χ3v) is 6.51. The van der Waals surface area contributed by atoms with Gasteiger partial charge in [0.25, 0.3) is 0 Å². The fraction of sp³-hybridized carbons (Fsp3) is 0.875. The molecule has 2 N–H and O–H groups in total. The van der Waals surface area contributed by atoms with Gasteiger partial charge in [0.2, 0.25) is 5.91 Å². The molecule has 84 valence electrons. The van der Waals surface area contributed by atoms with Crippen molar-refractivity contribution in [1.82, 2.24) is 0 Å². The van der Waals surface area contributed by atoms with Crippen LogP contribution in [0.15, 0.2) is 0 Å². The molecule has 0 rings (SSSR count). The Morgan fingerprint density at radius 2 is 1.43 bits per heavy atom. The smallest absolute Gasteiger partial charge is 0.220 e. The van der Waals surface area contributed by atoms with Gasteiger partial charge in [-0.05, 0) is 12.8 Å². The van der Waals surface area contributed by atoms with Crippen molar-refractivity contribution in [3.63, 3.8) is 0 Å². The Morgan fingerprint density at radius 1 is 1.07 bits per heavy atom. The Balaban J connectivity index is 4.09. The summed E-state index contributed by atoms with van der Waals surface area (Å²) in [6.07, 6.45) is 1.55. The molecule has 0 aromatic rings. The van der Waals surface area contributed by atoms with Gasteiger partial charge >= 0.3 is 0 Å². The van der Waals surface area contributed by atoms with Gasteiger partial charge in [-0.3, -0.25) is 4.79 Å². The molecule has 0 saturated carbocycles.